The molecule has 0 bridgehead atoms. The van der Waals surface area contributed by atoms with Crippen LogP contribution in [0.25, 0.3) is 0 Å². The summed E-state index contributed by atoms with van der Waals surface area (Å²) < 4.78 is 0. The van der Waals surface area contributed by atoms with Crippen molar-refractivity contribution in [3.05, 3.63) is 41.6 Å². The number of piperidine rings is 1. The Kier molecular flexibility index (Phi) is 4.64. The molecule has 1 aliphatic rings. The summed E-state index contributed by atoms with van der Waals surface area (Å²) in [6.07, 6.45) is 2.33. The number of carbonyl (C=O) groups is 1. The van der Waals surface area contributed by atoms with Gasteiger partial charge < -0.3 is 15.3 Å². The number of carboxylic acids is 1. The number of anilines is 3. The van der Waals surface area contributed by atoms with E-state index in [0.29, 0.717) is 0 Å². The molecule has 2 N–H and O–H groups in total. The highest BCUT2D eigenvalue weighted by Gasteiger charge is 2.18. The highest BCUT2D eigenvalue weighted by molar-refractivity contribution is 5.88. The summed E-state index contributed by atoms with van der Waals surface area (Å²) in [7, 11) is 0. The van der Waals surface area contributed by atoms with E-state index in [4.69, 9.17) is 5.11 Å². The van der Waals surface area contributed by atoms with Gasteiger partial charge in [-0.05, 0) is 49.9 Å². The Morgan fingerprint density at radius 3 is 2.50 bits per heavy atom. The Bertz CT molecular complexity index is 722. The van der Waals surface area contributed by atoms with Gasteiger partial charge in [0.15, 0.2) is 0 Å². The Hall–Kier alpha value is -2.63. The van der Waals surface area contributed by atoms with Gasteiger partial charge in [-0.2, -0.15) is 4.98 Å². The Morgan fingerprint density at radius 2 is 1.88 bits per heavy atom. The molecule has 1 fully saturated rings. The number of rotatable bonds is 4. The third-order valence-electron chi connectivity index (χ3n) is 4.31. The monoisotopic (exact) mass is 326 g/mol. The van der Waals surface area contributed by atoms with Crippen molar-refractivity contribution in [1.82, 2.24) is 9.97 Å². The second-order valence-electron chi connectivity index (χ2n) is 6.37. The van der Waals surface area contributed by atoms with Crippen LogP contribution in [0.3, 0.4) is 0 Å². The number of hydrogen-bond acceptors (Lipinski definition) is 5. The quantitative estimate of drug-likeness (QED) is 0.896. The summed E-state index contributed by atoms with van der Waals surface area (Å²) in [5.74, 6) is 1.31. The molecule has 1 saturated heterocycles. The molecular weight excluding hydrogens is 304 g/mol. The van der Waals surface area contributed by atoms with Gasteiger partial charge in [0.05, 0.1) is 5.56 Å². The van der Waals surface area contributed by atoms with E-state index in [1.807, 2.05) is 13.0 Å². The summed E-state index contributed by atoms with van der Waals surface area (Å²) in [6, 6.07) is 8.52. The Morgan fingerprint density at radius 1 is 1.21 bits per heavy atom. The van der Waals surface area contributed by atoms with E-state index in [-0.39, 0.29) is 5.56 Å². The van der Waals surface area contributed by atoms with E-state index in [1.54, 1.807) is 24.3 Å². The molecule has 1 aliphatic heterocycles. The van der Waals surface area contributed by atoms with Gasteiger partial charge in [-0.25, -0.2) is 9.78 Å². The lowest BCUT2D eigenvalue weighted by Gasteiger charge is -2.30. The minimum atomic E-state index is -0.930. The molecule has 1 aromatic carbocycles. The molecule has 0 radical (unpaired) electrons. The van der Waals surface area contributed by atoms with Crippen LogP contribution < -0.4 is 10.2 Å². The first kappa shape index (κ1) is 16.2. The van der Waals surface area contributed by atoms with Crippen molar-refractivity contribution in [1.29, 1.82) is 0 Å². The fourth-order valence-electron chi connectivity index (χ4n) is 2.81. The summed E-state index contributed by atoms with van der Waals surface area (Å²) in [4.78, 5) is 22.3. The van der Waals surface area contributed by atoms with Crippen LogP contribution in [0.15, 0.2) is 30.3 Å². The first-order valence-electron chi connectivity index (χ1n) is 8.22. The molecule has 2 aromatic rings. The van der Waals surface area contributed by atoms with Crippen molar-refractivity contribution in [3.8, 4) is 0 Å². The zero-order chi connectivity index (χ0) is 17.1. The standard InChI is InChI=1S/C18H22N4O2/c1-12-7-9-22(10-8-12)18-19-13(2)11-16(21-18)20-15-5-3-14(4-6-15)17(23)24/h3-6,11-12H,7-10H2,1-2H3,(H,23,24)(H,19,20,21). The van der Waals surface area contributed by atoms with Gasteiger partial charge in [0, 0.05) is 30.5 Å². The van der Waals surface area contributed by atoms with E-state index < -0.39 is 5.97 Å². The maximum absolute atomic E-state index is 10.9. The number of nitrogens with zero attached hydrogens (tertiary/aromatic N) is 3. The topological polar surface area (TPSA) is 78.3 Å². The van der Waals surface area contributed by atoms with Gasteiger partial charge >= 0.3 is 5.97 Å². The van der Waals surface area contributed by atoms with Crippen LogP contribution in [0, 0.1) is 12.8 Å². The van der Waals surface area contributed by atoms with E-state index in [9.17, 15) is 4.79 Å². The molecule has 1 aromatic heterocycles. The van der Waals surface area contributed by atoms with E-state index in [1.165, 1.54) is 0 Å². The zero-order valence-electron chi connectivity index (χ0n) is 14.0. The molecule has 24 heavy (non-hydrogen) atoms. The first-order chi connectivity index (χ1) is 11.5. The second kappa shape index (κ2) is 6.86. The second-order valence-corrected chi connectivity index (χ2v) is 6.37. The van der Waals surface area contributed by atoms with Crippen molar-refractivity contribution < 1.29 is 9.90 Å². The average Bonchev–Trinajstić information content (AvgIpc) is 2.55. The van der Waals surface area contributed by atoms with Crippen molar-refractivity contribution in [2.75, 3.05) is 23.3 Å². The summed E-state index contributed by atoms with van der Waals surface area (Å²) in [5.41, 5.74) is 1.97. The summed E-state index contributed by atoms with van der Waals surface area (Å²) >= 11 is 0. The van der Waals surface area contributed by atoms with E-state index in [2.05, 4.69) is 27.1 Å². The molecular formula is C18H22N4O2. The number of aryl methyl sites for hydroxylation is 1. The number of aromatic nitrogens is 2. The van der Waals surface area contributed by atoms with Crippen LogP contribution in [-0.4, -0.2) is 34.1 Å². The van der Waals surface area contributed by atoms with Crippen LogP contribution in [0.4, 0.5) is 17.5 Å². The molecule has 0 spiro atoms. The van der Waals surface area contributed by atoms with Crippen LogP contribution >= 0.6 is 0 Å². The molecule has 0 saturated carbocycles. The van der Waals surface area contributed by atoms with Gasteiger partial charge in [0.1, 0.15) is 5.82 Å². The van der Waals surface area contributed by atoms with Gasteiger partial charge in [-0.3, -0.25) is 0 Å². The Balaban J connectivity index is 1.77. The minimum Gasteiger partial charge on any atom is -0.478 e. The lowest BCUT2D eigenvalue weighted by atomic mass is 10.00. The van der Waals surface area contributed by atoms with Crippen molar-refractivity contribution in [3.63, 3.8) is 0 Å². The molecule has 0 atom stereocenters. The molecule has 6 nitrogen and oxygen atoms in total. The smallest absolute Gasteiger partial charge is 0.335 e. The number of hydrogen-bond donors (Lipinski definition) is 2. The minimum absolute atomic E-state index is 0.266. The number of nitrogens with one attached hydrogen (secondary N) is 1. The average molecular weight is 326 g/mol. The molecule has 0 amide bonds. The summed E-state index contributed by atoms with van der Waals surface area (Å²) in [5, 5.41) is 12.2. The molecule has 6 heteroatoms. The Labute approximate surface area is 141 Å². The van der Waals surface area contributed by atoms with Crippen molar-refractivity contribution in [2.24, 2.45) is 5.92 Å². The van der Waals surface area contributed by atoms with Crippen LogP contribution in [0.1, 0.15) is 35.8 Å². The SMILES string of the molecule is Cc1cc(Nc2ccc(C(=O)O)cc2)nc(N2CCC(C)CC2)n1. The normalized spacial score (nSPS) is 15.3. The number of carboxylic acid groups (broad SMARTS) is 1. The third kappa shape index (κ3) is 3.82. The molecule has 126 valence electrons. The molecule has 3 rings (SSSR count). The van der Waals surface area contributed by atoms with Crippen molar-refractivity contribution in [2.45, 2.75) is 26.7 Å². The van der Waals surface area contributed by atoms with Crippen molar-refractivity contribution >= 4 is 23.4 Å². The fraction of sp³-hybridized carbons (Fsp3) is 0.389. The van der Waals surface area contributed by atoms with Gasteiger partial charge in [0.2, 0.25) is 5.95 Å². The first-order valence-corrected chi connectivity index (χ1v) is 8.22. The highest BCUT2D eigenvalue weighted by atomic mass is 16.4. The lowest BCUT2D eigenvalue weighted by Crippen LogP contribution is -2.34. The van der Waals surface area contributed by atoms with Gasteiger partial charge in [-0.15, -0.1) is 0 Å². The predicted molar refractivity (Wildman–Crippen MR) is 94.1 cm³/mol. The van der Waals surface area contributed by atoms with Crippen LogP contribution in [-0.2, 0) is 0 Å². The van der Waals surface area contributed by atoms with Crippen LogP contribution in [0.2, 0.25) is 0 Å². The van der Waals surface area contributed by atoms with Gasteiger partial charge in [0.25, 0.3) is 0 Å². The maximum Gasteiger partial charge on any atom is 0.335 e. The summed E-state index contributed by atoms with van der Waals surface area (Å²) in [6.45, 7) is 6.20. The number of benzene rings is 1. The van der Waals surface area contributed by atoms with E-state index >= 15 is 0 Å². The van der Waals surface area contributed by atoms with E-state index in [0.717, 1.165) is 55.0 Å². The lowest BCUT2D eigenvalue weighted by molar-refractivity contribution is 0.0697. The number of aromatic carboxylic acids is 1. The van der Waals surface area contributed by atoms with Gasteiger partial charge in [-0.1, -0.05) is 6.92 Å². The molecule has 0 unspecified atom stereocenters. The third-order valence-corrected chi connectivity index (χ3v) is 4.31. The molecule has 2 heterocycles. The maximum atomic E-state index is 10.9. The largest absolute Gasteiger partial charge is 0.478 e. The molecule has 0 aliphatic carbocycles. The predicted octanol–water partition coefficient (Wildman–Crippen LogP) is 3.46. The van der Waals surface area contributed by atoms with Crippen LogP contribution in [0.5, 0.6) is 0 Å². The fourth-order valence-corrected chi connectivity index (χ4v) is 2.81. The highest BCUT2D eigenvalue weighted by Crippen LogP contribution is 2.23. The zero-order valence-corrected chi connectivity index (χ0v) is 14.0.